The number of nitrogens with zero attached hydrogens (tertiary/aromatic N) is 1. The van der Waals surface area contributed by atoms with Crippen LogP contribution in [0.3, 0.4) is 0 Å². The van der Waals surface area contributed by atoms with Crippen LogP contribution < -0.4 is 5.32 Å². The summed E-state index contributed by atoms with van der Waals surface area (Å²) < 4.78 is 6.08. The lowest BCUT2D eigenvalue weighted by molar-refractivity contribution is -0.119. The Kier molecular flexibility index (Phi) is 4.81. The first-order chi connectivity index (χ1) is 11.9. The van der Waals surface area contributed by atoms with Crippen LogP contribution in [-0.4, -0.2) is 23.5 Å². The summed E-state index contributed by atoms with van der Waals surface area (Å²) in [5.41, 5.74) is 4.50. The number of benzene rings is 2. The summed E-state index contributed by atoms with van der Waals surface area (Å²) in [5, 5.41) is 3.16. The first-order valence-electron chi connectivity index (χ1n) is 7.84. The topological polar surface area (TPSA) is 68.3 Å². The summed E-state index contributed by atoms with van der Waals surface area (Å²) in [6.45, 7) is 5.55. The molecule has 0 bridgehead atoms. The Morgan fingerprint density at radius 2 is 1.88 bits per heavy atom. The monoisotopic (exact) mass is 354 g/mol. The molecule has 0 saturated carbocycles. The Morgan fingerprint density at radius 3 is 2.64 bits per heavy atom. The maximum absolute atomic E-state index is 12.0. The minimum Gasteiger partial charge on any atom is -0.452 e. The van der Waals surface area contributed by atoms with E-state index in [2.05, 4.69) is 10.3 Å². The number of aryl methyl sites for hydroxylation is 3. The number of fused-ring (bicyclic) bond motifs is 1. The highest BCUT2D eigenvalue weighted by atomic mass is 32.1. The molecule has 25 heavy (non-hydrogen) atoms. The van der Waals surface area contributed by atoms with Crippen molar-refractivity contribution in [2.75, 3.05) is 11.9 Å². The molecule has 128 valence electrons. The molecule has 6 heteroatoms. The van der Waals surface area contributed by atoms with Gasteiger partial charge in [0.05, 0.1) is 15.8 Å². The number of esters is 1. The molecule has 2 aromatic carbocycles. The van der Waals surface area contributed by atoms with Crippen molar-refractivity contribution in [1.82, 2.24) is 4.98 Å². The molecule has 0 saturated heterocycles. The molecule has 0 aliphatic heterocycles. The summed E-state index contributed by atoms with van der Waals surface area (Å²) in [6, 6.07) is 11.2. The van der Waals surface area contributed by atoms with E-state index >= 15 is 0 Å². The summed E-state index contributed by atoms with van der Waals surface area (Å²) in [5.74, 6) is -0.925. The predicted octanol–water partition coefficient (Wildman–Crippen LogP) is 4.02. The molecule has 1 amide bonds. The largest absolute Gasteiger partial charge is 0.452 e. The van der Waals surface area contributed by atoms with E-state index in [1.165, 1.54) is 11.3 Å². The summed E-state index contributed by atoms with van der Waals surface area (Å²) >= 11 is 1.39. The molecule has 0 aliphatic rings. The quantitative estimate of drug-likeness (QED) is 0.719. The third-order valence-corrected chi connectivity index (χ3v) is 4.80. The number of rotatable bonds is 4. The van der Waals surface area contributed by atoms with Gasteiger partial charge in [0.2, 0.25) is 0 Å². The van der Waals surface area contributed by atoms with Crippen LogP contribution >= 0.6 is 11.3 Å². The Morgan fingerprint density at radius 1 is 1.08 bits per heavy atom. The maximum Gasteiger partial charge on any atom is 0.338 e. The van der Waals surface area contributed by atoms with Crippen LogP contribution in [0.5, 0.6) is 0 Å². The van der Waals surface area contributed by atoms with E-state index in [0.717, 1.165) is 26.9 Å². The van der Waals surface area contributed by atoms with Crippen molar-refractivity contribution in [2.24, 2.45) is 0 Å². The van der Waals surface area contributed by atoms with E-state index in [0.29, 0.717) is 10.7 Å². The minimum atomic E-state index is -0.516. The van der Waals surface area contributed by atoms with Gasteiger partial charge >= 0.3 is 5.97 Å². The molecule has 0 fully saturated rings. The average molecular weight is 354 g/mol. The highest BCUT2D eigenvalue weighted by Gasteiger charge is 2.13. The number of carbonyl (C=O) groups is 2. The van der Waals surface area contributed by atoms with Gasteiger partial charge in [0.1, 0.15) is 0 Å². The van der Waals surface area contributed by atoms with Gasteiger partial charge in [-0.05, 0) is 61.7 Å². The standard InChI is InChI=1S/C19H18N2O3S/c1-11-4-7-15-16(8-11)25-19(20-15)21-17(22)10-24-18(23)14-6-5-12(2)13(3)9-14/h4-9H,10H2,1-3H3,(H,20,21,22). The van der Waals surface area contributed by atoms with E-state index in [1.54, 1.807) is 12.1 Å². The zero-order valence-electron chi connectivity index (χ0n) is 14.3. The van der Waals surface area contributed by atoms with Crippen LogP contribution in [0.25, 0.3) is 10.2 Å². The molecule has 1 N–H and O–H groups in total. The van der Waals surface area contributed by atoms with Crippen LogP contribution in [0.1, 0.15) is 27.0 Å². The highest BCUT2D eigenvalue weighted by molar-refractivity contribution is 7.22. The molecular formula is C19H18N2O3S. The lowest BCUT2D eigenvalue weighted by Gasteiger charge is -2.06. The number of hydrogen-bond donors (Lipinski definition) is 1. The summed E-state index contributed by atoms with van der Waals surface area (Å²) in [6.07, 6.45) is 0. The van der Waals surface area contributed by atoms with Crippen molar-refractivity contribution in [3.8, 4) is 0 Å². The summed E-state index contributed by atoms with van der Waals surface area (Å²) in [7, 11) is 0. The van der Waals surface area contributed by atoms with Crippen molar-refractivity contribution < 1.29 is 14.3 Å². The third kappa shape index (κ3) is 4.03. The Labute approximate surface area is 149 Å². The number of nitrogens with one attached hydrogen (secondary N) is 1. The van der Waals surface area contributed by atoms with E-state index in [4.69, 9.17) is 4.74 Å². The fourth-order valence-corrected chi connectivity index (χ4v) is 3.30. The van der Waals surface area contributed by atoms with Crippen LogP contribution in [0.2, 0.25) is 0 Å². The van der Waals surface area contributed by atoms with E-state index in [-0.39, 0.29) is 6.61 Å². The van der Waals surface area contributed by atoms with Gasteiger partial charge in [-0.25, -0.2) is 9.78 Å². The highest BCUT2D eigenvalue weighted by Crippen LogP contribution is 2.26. The number of ether oxygens (including phenoxy) is 1. The van der Waals surface area contributed by atoms with Gasteiger partial charge < -0.3 is 4.74 Å². The number of thiazole rings is 1. The molecule has 3 aromatic rings. The minimum absolute atomic E-state index is 0.347. The van der Waals surface area contributed by atoms with Crippen LogP contribution in [0.15, 0.2) is 36.4 Å². The van der Waals surface area contributed by atoms with Gasteiger partial charge in [0.15, 0.2) is 11.7 Å². The number of anilines is 1. The lowest BCUT2D eigenvalue weighted by atomic mass is 10.1. The zero-order valence-corrected chi connectivity index (χ0v) is 15.1. The smallest absolute Gasteiger partial charge is 0.338 e. The van der Waals surface area contributed by atoms with E-state index in [1.807, 2.05) is 45.0 Å². The average Bonchev–Trinajstić information content (AvgIpc) is 2.96. The van der Waals surface area contributed by atoms with Crippen molar-refractivity contribution in [3.63, 3.8) is 0 Å². The maximum atomic E-state index is 12.0. The normalized spacial score (nSPS) is 10.7. The van der Waals surface area contributed by atoms with Gasteiger partial charge in [-0.1, -0.05) is 23.5 Å². The summed E-state index contributed by atoms with van der Waals surface area (Å²) in [4.78, 5) is 28.4. The van der Waals surface area contributed by atoms with Crippen molar-refractivity contribution >= 4 is 38.6 Å². The van der Waals surface area contributed by atoms with E-state index < -0.39 is 11.9 Å². The molecule has 3 rings (SSSR count). The Bertz CT molecular complexity index is 962. The Hall–Kier alpha value is -2.73. The molecule has 0 unspecified atom stereocenters. The van der Waals surface area contributed by atoms with Crippen molar-refractivity contribution in [3.05, 3.63) is 58.7 Å². The fraction of sp³-hybridized carbons (Fsp3) is 0.211. The molecule has 0 aliphatic carbocycles. The molecule has 0 atom stereocenters. The number of amides is 1. The first-order valence-corrected chi connectivity index (χ1v) is 8.65. The fourth-order valence-electron chi connectivity index (χ4n) is 2.32. The van der Waals surface area contributed by atoms with Crippen LogP contribution in [0, 0.1) is 20.8 Å². The number of hydrogen-bond acceptors (Lipinski definition) is 5. The second kappa shape index (κ2) is 7.03. The van der Waals surface area contributed by atoms with Gasteiger partial charge in [-0.2, -0.15) is 0 Å². The molecule has 1 heterocycles. The number of aromatic nitrogens is 1. The van der Waals surface area contributed by atoms with Crippen LogP contribution in [0.4, 0.5) is 5.13 Å². The molecule has 0 radical (unpaired) electrons. The van der Waals surface area contributed by atoms with Crippen LogP contribution in [-0.2, 0) is 9.53 Å². The van der Waals surface area contributed by atoms with Crippen molar-refractivity contribution in [2.45, 2.75) is 20.8 Å². The zero-order chi connectivity index (χ0) is 18.0. The van der Waals surface area contributed by atoms with E-state index in [9.17, 15) is 9.59 Å². The first kappa shape index (κ1) is 17.1. The lowest BCUT2D eigenvalue weighted by Crippen LogP contribution is -2.20. The second-order valence-electron chi connectivity index (χ2n) is 5.91. The van der Waals surface area contributed by atoms with Gasteiger partial charge in [-0.15, -0.1) is 0 Å². The molecule has 0 spiro atoms. The molecule has 1 aromatic heterocycles. The van der Waals surface area contributed by atoms with Gasteiger partial charge in [0, 0.05) is 0 Å². The molecular weight excluding hydrogens is 336 g/mol. The second-order valence-corrected chi connectivity index (χ2v) is 6.94. The third-order valence-electron chi connectivity index (χ3n) is 3.87. The van der Waals surface area contributed by atoms with Gasteiger partial charge in [0.25, 0.3) is 5.91 Å². The van der Waals surface area contributed by atoms with Gasteiger partial charge in [-0.3, -0.25) is 10.1 Å². The predicted molar refractivity (Wildman–Crippen MR) is 99.2 cm³/mol. The Balaban J connectivity index is 1.59. The SMILES string of the molecule is Cc1ccc2nc(NC(=O)COC(=O)c3ccc(C)c(C)c3)sc2c1. The van der Waals surface area contributed by atoms with Crippen molar-refractivity contribution in [1.29, 1.82) is 0 Å². The number of carbonyl (C=O) groups excluding carboxylic acids is 2. The molecule has 5 nitrogen and oxygen atoms in total.